The van der Waals surface area contributed by atoms with Crippen LogP contribution in [0.15, 0.2) is 78.9 Å². The van der Waals surface area contributed by atoms with Crippen molar-refractivity contribution < 1.29 is 22.4 Å². The van der Waals surface area contributed by atoms with Crippen molar-refractivity contribution in [1.82, 2.24) is 14.5 Å². The zero-order valence-electron chi connectivity index (χ0n) is 19.9. The van der Waals surface area contributed by atoms with E-state index in [2.05, 4.69) is 5.32 Å². The van der Waals surface area contributed by atoms with Crippen molar-refractivity contribution in [3.8, 4) is 0 Å². The van der Waals surface area contributed by atoms with Crippen molar-refractivity contribution in [3.63, 3.8) is 0 Å². The molecule has 0 spiro atoms. The van der Waals surface area contributed by atoms with Crippen LogP contribution >= 0.6 is 11.6 Å². The van der Waals surface area contributed by atoms with Gasteiger partial charge in [-0.05, 0) is 41.0 Å². The normalized spacial score (nSPS) is 12.2. The third-order valence-electron chi connectivity index (χ3n) is 5.57. The fraction of sp³-hybridized carbons (Fsp3) is 0.231. The standard InChI is InChI=1S/C26H27ClFN3O4S/c1-30(36(2,34)35)18-24(32)31(17-20-10-14-23(28)15-11-20)25(21-6-4-3-5-7-21)26(33)29-16-19-8-12-22(27)13-9-19/h3-15,25H,16-18H2,1-2H3,(H,29,33)/t25-/m1/s1. The van der Waals surface area contributed by atoms with Crippen LogP contribution < -0.4 is 5.32 Å². The second-order valence-corrected chi connectivity index (χ2v) is 10.9. The maximum absolute atomic E-state index is 13.5. The Labute approximate surface area is 215 Å². The second-order valence-electron chi connectivity index (χ2n) is 8.32. The van der Waals surface area contributed by atoms with Crippen LogP contribution in [0.25, 0.3) is 0 Å². The molecule has 0 aliphatic rings. The van der Waals surface area contributed by atoms with Crippen molar-refractivity contribution in [2.75, 3.05) is 19.8 Å². The summed E-state index contributed by atoms with van der Waals surface area (Å²) in [6, 6.07) is 20.2. The highest BCUT2D eigenvalue weighted by molar-refractivity contribution is 7.88. The summed E-state index contributed by atoms with van der Waals surface area (Å²) in [6.45, 7) is -0.306. The SMILES string of the molecule is CN(CC(=O)N(Cc1ccc(F)cc1)[C@@H](C(=O)NCc1ccc(Cl)cc1)c1ccccc1)S(C)(=O)=O. The lowest BCUT2D eigenvalue weighted by molar-refractivity contribution is -0.141. The van der Waals surface area contributed by atoms with Gasteiger partial charge in [-0.25, -0.2) is 12.8 Å². The summed E-state index contributed by atoms with van der Waals surface area (Å²) < 4.78 is 38.3. The molecule has 0 aliphatic carbocycles. The molecule has 2 amide bonds. The number of nitrogens with one attached hydrogen (secondary N) is 1. The van der Waals surface area contributed by atoms with Crippen LogP contribution in [0.4, 0.5) is 4.39 Å². The Kier molecular flexibility index (Phi) is 9.19. The first kappa shape index (κ1) is 27.3. The molecule has 0 fully saturated rings. The van der Waals surface area contributed by atoms with Gasteiger partial charge in [0, 0.05) is 25.2 Å². The van der Waals surface area contributed by atoms with Gasteiger partial charge in [0.1, 0.15) is 11.9 Å². The molecule has 0 saturated heterocycles. The van der Waals surface area contributed by atoms with E-state index in [1.165, 1.54) is 36.2 Å². The number of benzene rings is 3. The van der Waals surface area contributed by atoms with Crippen molar-refractivity contribution in [2.24, 2.45) is 0 Å². The Morgan fingerprint density at radius 3 is 2.11 bits per heavy atom. The fourth-order valence-corrected chi connectivity index (χ4v) is 3.98. The zero-order chi connectivity index (χ0) is 26.3. The van der Waals surface area contributed by atoms with E-state index >= 15 is 0 Å². The van der Waals surface area contributed by atoms with E-state index in [0.717, 1.165) is 16.1 Å². The molecule has 0 saturated carbocycles. The summed E-state index contributed by atoms with van der Waals surface area (Å²) in [5, 5.41) is 3.43. The molecule has 3 aromatic carbocycles. The average molecular weight is 532 g/mol. The summed E-state index contributed by atoms with van der Waals surface area (Å²) in [7, 11) is -2.35. The van der Waals surface area contributed by atoms with Gasteiger partial charge in [0.05, 0.1) is 12.8 Å². The number of sulfonamides is 1. The van der Waals surface area contributed by atoms with Gasteiger partial charge in [-0.1, -0.05) is 66.2 Å². The van der Waals surface area contributed by atoms with E-state index in [-0.39, 0.29) is 13.1 Å². The van der Waals surface area contributed by atoms with Crippen molar-refractivity contribution in [1.29, 1.82) is 0 Å². The minimum absolute atomic E-state index is 0.0371. The van der Waals surface area contributed by atoms with Crippen molar-refractivity contribution in [2.45, 2.75) is 19.1 Å². The smallest absolute Gasteiger partial charge is 0.247 e. The van der Waals surface area contributed by atoms with Crippen LogP contribution in [0.3, 0.4) is 0 Å². The maximum Gasteiger partial charge on any atom is 0.247 e. The van der Waals surface area contributed by atoms with Crippen LogP contribution in [0.5, 0.6) is 0 Å². The predicted molar refractivity (Wildman–Crippen MR) is 137 cm³/mol. The molecule has 0 aliphatic heterocycles. The molecule has 1 atom stereocenters. The molecule has 36 heavy (non-hydrogen) atoms. The van der Waals surface area contributed by atoms with E-state index in [4.69, 9.17) is 11.6 Å². The van der Waals surface area contributed by atoms with Gasteiger partial charge in [0.2, 0.25) is 21.8 Å². The predicted octanol–water partition coefficient (Wildman–Crippen LogP) is 3.76. The number of likely N-dealkylation sites (N-methyl/N-ethyl adjacent to an activating group) is 1. The molecule has 1 N–H and O–H groups in total. The largest absolute Gasteiger partial charge is 0.350 e. The first-order valence-electron chi connectivity index (χ1n) is 11.1. The number of rotatable bonds is 10. The van der Waals surface area contributed by atoms with Crippen LogP contribution in [0.2, 0.25) is 5.02 Å². The van der Waals surface area contributed by atoms with Crippen molar-refractivity contribution in [3.05, 3.63) is 106 Å². The highest BCUT2D eigenvalue weighted by atomic mass is 35.5. The van der Waals surface area contributed by atoms with Gasteiger partial charge >= 0.3 is 0 Å². The third-order valence-corrected chi connectivity index (χ3v) is 7.08. The molecule has 0 radical (unpaired) electrons. The summed E-state index contributed by atoms with van der Waals surface area (Å²) in [5.74, 6) is -1.47. The van der Waals surface area contributed by atoms with E-state index < -0.39 is 40.2 Å². The summed E-state index contributed by atoms with van der Waals surface area (Å²) in [6.07, 6.45) is 0.998. The Hall–Kier alpha value is -3.27. The molecular formula is C26H27ClFN3O4S. The monoisotopic (exact) mass is 531 g/mol. The highest BCUT2D eigenvalue weighted by Gasteiger charge is 2.32. The number of nitrogens with zero attached hydrogens (tertiary/aromatic N) is 2. The quantitative estimate of drug-likeness (QED) is 0.431. The van der Waals surface area contributed by atoms with Gasteiger partial charge in [0.15, 0.2) is 0 Å². The topological polar surface area (TPSA) is 86.8 Å². The van der Waals surface area contributed by atoms with Crippen LogP contribution in [0.1, 0.15) is 22.7 Å². The summed E-state index contributed by atoms with van der Waals surface area (Å²) in [4.78, 5) is 28.3. The number of hydrogen-bond acceptors (Lipinski definition) is 4. The Morgan fingerprint density at radius 2 is 1.53 bits per heavy atom. The van der Waals surface area contributed by atoms with Gasteiger partial charge < -0.3 is 10.2 Å². The van der Waals surface area contributed by atoms with E-state index in [1.807, 2.05) is 0 Å². The molecule has 3 aromatic rings. The average Bonchev–Trinajstić information content (AvgIpc) is 2.84. The molecule has 10 heteroatoms. The molecule has 190 valence electrons. The zero-order valence-corrected chi connectivity index (χ0v) is 21.5. The fourth-order valence-electron chi connectivity index (χ4n) is 3.50. The molecule has 0 bridgehead atoms. The van der Waals surface area contributed by atoms with E-state index in [0.29, 0.717) is 16.1 Å². The van der Waals surface area contributed by atoms with Gasteiger partial charge in [-0.15, -0.1) is 0 Å². The minimum Gasteiger partial charge on any atom is -0.350 e. The van der Waals surface area contributed by atoms with Gasteiger partial charge in [0.25, 0.3) is 0 Å². The Morgan fingerprint density at radius 1 is 0.944 bits per heavy atom. The van der Waals surface area contributed by atoms with Crippen molar-refractivity contribution >= 4 is 33.4 Å². The first-order chi connectivity index (χ1) is 17.0. The molecule has 0 unspecified atom stereocenters. The van der Waals surface area contributed by atoms with Crippen LogP contribution in [-0.2, 0) is 32.7 Å². The van der Waals surface area contributed by atoms with Crippen LogP contribution in [0, 0.1) is 5.82 Å². The first-order valence-corrected chi connectivity index (χ1v) is 13.3. The van der Waals surface area contributed by atoms with E-state index in [1.54, 1.807) is 54.6 Å². The Balaban J connectivity index is 1.96. The van der Waals surface area contributed by atoms with Gasteiger partial charge in [-0.2, -0.15) is 4.31 Å². The lowest BCUT2D eigenvalue weighted by Crippen LogP contribution is -2.47. The molecular weight excluding hydrogens is 505 g/mol. The summed E-state index contributed by atoms with van der Waals surface area (Å²) in [5.41, 5.74) is 1.94. The molecule has 0 aromatic heterocycles. The number of halogens is 2. The molecule has 3 rings (SSSR count). The number of hydrogen-bond donors (Lipinski definition) is 1. The number of carbonyl (C=O) groups excluding carboxylic acids is 2. The lowest BCUT2D eigenvalue weighted by Gasteiger charge is -2.32. The maximum atomic E-state index is 13.5. The third kappa shape index (κ3) is 7.61. The molecule has 7 nitrogen and oxygen atoms in total. The Bertz CT molecular complexity index is 1290. The highest BCUT2D eigenvalue weighted by Crippen LogP contribution is 2.25. The van der Waals surface area contributed by atoms with Gasteiger partial charge in [-0.3, -0.25) is 9.59 Å². The minimum atomic E-state index is -3.65. The van der Waals surface area contributed by atoms with Crippen LogP contribution in [-0.4, -0.2) is 49.3 Å². The number of amides is 2. The van der Waals surface area contributed by atoms with E-state index in [9.17, 15) is 22.4 Å². The molecule has 0 heterocycles. The summed E-state index contributed by atoms with van der Waals surface area (Å²) >= 11 is 5.94. The lowest BCUT2D eigenvalue weighted by atomic mass is 10.0. The number of carbonyl (C=O) groups is 2. The second kappa shape index (κ2) is 12.1.